The minimum absolute atomic E-state index is 0.0155. The number of hydrogen-bond acceptors (Lipinski definition) is 12. The monoisotopic (exact) mass is 520 g/mol. The Morgan fingerprint density at radius 2 is 1.94 bits per heavy atom. The molecule has 5 atom stereocenters. The van der Waals surface area contributed by atoms with E-state index in [1.165, 1.54) is 17.8 Å². The number of aromatic nitrogens is 4. The molecule has 5 unspecified atom stereocenters. The number of rotatable bonds is 8. The molecule has 9 N–H and O–H groups in total. The number of nitrogens with two attached hydrogens (primary N) is 2. The summed E-state index contributed by atoms with van der Waals surface area (Å²) in [6, 6.07) is -0.823. The summed E-state index contributed by atoms with van der Waals surface area (Å²) in [4.78, 5) is 58.1. The Balaban J connectivity index is 1.73. The van der Waals surface area contributed by atoms with Gasteiger partial charge in [0.1, 0.15) is 11.8 Å². The van der Waals surface area contributed by atoms with E-state index >= 15 is 0 Å². The lowest BCUT2D eigenvalue weighted by Gasteiger charge is -2.29. The van der Waals surface area contributed by atoms with E-state index in [9.17, 15) is 28.3 Å². The molecular weight excluding hydrogens is 501 g/mol. The second-order valence-corrected chi connectivity index (χ2v) is 11.3. The maximum Gasteiger partial charge on any atom is 0.490 e. The first-order valence-corrected chi connectivity index (χ1v) is 13.0. The van der Waals surface area contributed by atoms with Gasteiger partial charge in [0.2, 0.25) is 5.95 Å². The molecule has 1 aliphatic heterocycles. The summed E-state index contributed by atoms with van der Waals surface area (Å²) in [6.45, 7) is 0.646. The molecule has 1 aliphatic rings. The first kappa shape index (κ1) is 25.1. The Morgan fingerprint density at radius 1 is 1.28 bits per heavy atom. The topological polar surface area (TPSA) is 285 Å². The van der Waals surface area contributed by atoms with Crippen LogP contribution in [0.1, 0.15) is 19.6 Å². The van der Waals surface area contributed by atoms with Gasteiger partial charge in [-0.25, -0.2) is 18.7 Å². The average molecular weight is 520 g/mol. The van der Waals surface area contributed by atoms with Crippen LogP contribution in [0.4, 0.5) is 5.95 Å². The van der Waals surface area contributed by atoms with Crippen molar-refractivity contribution >= 4 is 40.6 Å². The molecule has 180 valence electrons. The zero-order valence-corrected chi connectivity index (χ0v) is 18.7. The van der Waals surface area contributed by atoms with Gasteiger partial charge in [0.05, 0.1) is 12.9 Å². The van der Waals surface area contributed by atoms with Gasteiger partial charge in [-0.15, -0.1) is 0 Å². The predicted molar refractivity (Wildman–Crippen MR) is 103 cm³/mol. The second-order valence-electron chi connectivity index (χ2n) is 6.87. The van der Waals surface area contributed by atoms with Crippen LogP contribution >= 0.6 is 23.5 Å². The van der Waals surface area contributed by atoms with Crippen LogP contribution in [0.2, 0.25) is 0 Å². The highest BCUT2D eigenvalue weighted by molar-refractivity contribution is 7.66. The molecule has 2 aromatic heterocycles. The molecule has 21 heteroatoms. The molecule has 32 heavy (non-hydrogen) atoms. The number of ether oxygens (including phenoxy) is 1. The highest BCUT2D eigenvalue weighted by Crippen LogP contribution is 2.66. The van der Waals surface area contributed by atoms with E-state index in [2.05, 4.69) is 28.1 Å². The van der Waals surface area contributed by atoms with Crippen molar-refractivity contribution in [1.82, 2.24) is 19.5 Å². The summed E-state index contributed by atoms with van der Waals surface area (Å²) < 4.78 is 53.1. The molecule has 2 aromatic rings. The molecule has 3 heterocycles. The average Bonchev–Trinajstić information content (AvgIpc) is 3.12. The Kier molecular flexibility index (Phi) is 6.56. The Bertz CT molecular complexity index is 1220. The summed E-state index contributed by atoms with van der Waals surface area (Å²) in [6.07, 6.45) is 0.520. The maximum atomic E-state index is 12.0. The number of H-pyrrole nitrogens is 1. The van der Waals surface area contributed by atoms with Gasteiger partial charge in [-0.2, -0.15) is 13.6 Å². The number of aromatic amines is 1. The number of phosphoric ester groups is 1. The summed E-state index contributed by atoms with van der Waals surface area (Å²) in [7, 11) is -16.5. The van der Waals surface area contributed by atoms with E-state index in [1.54, 1.807) is 0 Å². The van der Waals surface area contributed by atoms with Crippen molar-refractivity contribution < 1.29 is 51.2 Å². The molecule has 0 radical (unpaired) electrons. The van der Waals surface area contributed by atoms with E-state index in [-0.39, 0.29) is 23.5 Å². The van der Waals surface area contributed by atoms with Gasteiger partial charge in [-0.1, -0.05) is 0 Å². The third kappa shape index (κ3) is 5.69. The molecule has 18 nitrogen and oxygen atoms in total. The first-order valence-electron chi connectivity index (χ1n) is 8.44. The number of nitrogens with zero attached hydrogens (tertiary/aromatic N) is 3. The van der Waals surface area contributed by atoms with Crippen LogP contribution in [0.15, 0.2) is 11.1 Å². The molecule has 0 aliphatic carbocycles. The summed E-state index contributed by atoms with van der Waals surface area (Å²) >= 11 is 0. The normalized spacial score (nSPS) is 27.9. The van der Waals surface area contributed by atoms with Gasteiger partial charge in [-0.05, 0) is 6.92 Å². The van der Waals surface area contributed by atoms with E-state index in [0.29, 0.717) is 0 Å². The summed E-state index contributed by atoms with van der Waals surface area (Å²) in [5, 5.41) is 0. The van der Waals surface area contributed by atoms with Gasteiger partial charge in [-0.3, -0.25) is 18.9 Å². The maximum absolute atomic E-state index is 12.0. The third-order valence-electron chi connectivity index (χ3n) is 4.34. The molecular formula is C11H19N6O12P3. The number of phosphoric acid groups is 3. The SMILES string of the molecule is CC1(COP(=O)(O)OP(=O)(O)OP(=O)(O)O)OC(n2cnc3c(=O)[nH]c(N)nc32)CC1N. The highest BCUT2D eigenvalue weighted by Gasteiger charge is 2.48. The van der Waals surface area contributed by atoms with Crippen molar-refractivity contribution in [2.75, 3.05) is 12.3 Å². The standard InChI is InChI=1S/C11H19N6O12P3/c1-11(3-26-31(22,23)29-32(24,25)28-30(19,20)21)5(12)2-6(27-11)17-4-14-7-8(17)15-10(13)16-9(7)18/h4-6H,2-3,12H2,1H3,(H,22,23)(H,24,25)(H2,19,20,21)(H3,13,15,16,18). The second kappa shape index (κ2) is 8.36. The van der Waals surface area contributed by atoms with E-state index in [0.717, 1.165) is 0 Å². The lowest BCUT2D eigenvalue weighted by atomic mass is 9.98. The molecule has 0 bridgehead atoms. The number of imidazole rings is 1. The van der Waals surface area contributed by atoms with E-state index in [1.807, 2.05) is 0 Å². The summed E-state index contributed by atoms with van der Waals surface area (Å²) in [5.41, 5.74) is 9.65. The van der Waals surface area contributed by atoms with Crippen LogP contribution in [0, 0.1) is 0 Å². The third-order valence-corrected chi connectivity index (χ3v) is 8.12. The largest absolute Gasteiger partial charge is 0.490 e. The van der Waals surface area contributed by atoms with Crippen molar-refractivity contribution in [3.63, 3.8) is 0 Å². The Morgan fingerprint density at radius 3 is 2.56 bits per heavy atom. The zero-order valence-electron chi connectivity index (χ0n) is 16.0. The minimum atomic E-state index is -5.66. The fourth-order valence-corrected chi connectivity index (χ4v) is 6.01. The Hall–Kier alpha value is -1.52. The van der Waals surface area contributed by atoms with Gasteiger partial charge in [0, 0.05) is 12.5 Å². The van der Waals surface area contributed by atoms with Crippen molar-refractivity contribution in [1.29, 1.82) is 0 Å². The Labute approximate surface area is 177 Å². The number of hydrogen-bond donors (Lipinski definition) is 7. The first-order chi connectivity index (χ1) is 14.5. The van der Waals surface area contributed by atoms with E-state index < -0.39 is 53.5 Å². The molecule has 0 aromatic carbocycles. The van der Waals surface area contributed by atoms with Crippen LogP contribution in [0.5, 0.6) is 0 Å². The lowest BCUT2D eigenvalue weighted by molar-refractivity contribution is -0.0879. The van der Waals surface area contributed by atoms with Gasteiger partial charge in [0.25, 0.3) is 5.56 Å². The van der Waals surface area contributed by atoms with Crippen LogP contribution in [0.25, 0.3) is 11.2 Å². The van der Waals surface area contributed by atoms with Crippen LogP contribution < -0.4 is 17.0 Å². The minimum Gasteiger partial charge on any atom is -0.369 e. The van der Waals surface area contributed by atoms with Gasteiger partial charge < -0.3 is 35.8 Å². The van der Waals surface area contributed by atoms with Crippen molar-refractivity contribution in [3.8, 4) is 0 Å². The molecule has 1 saturated heterocycles. The fraction of sp³-hybridized carbons (Fsp3) is 0.545. The number of fused-ring (bicyclic) bond motifs is 1. The van der Waals surface area contributed by atoms with Crippen molar-refractivity contribution in [2.24, 2.45) is 5.73 Å². The van der Waals surface area contributed by atoms with Gasteiger partial charge in [0.15, 0.2) is 11.2 Å². The number of nitrogens with one attached hydrogen (secondary N) is 1. The van der Waals surface area contributed by atoms with E-state index in [4.69, 9.17) is 26.0 Å². The van der Waals surface area contributed by atoms with Crippen LogP contribution in [-0.2, 0) is 31.6 Å². The molecule has 0 spiro atoms. The molecule has 0 amide bonds. The number of anilines is 1. The molecule has 0 saturated carbocycles. The van der Waals surface area contributed by atoms with Crippen molar-refractivity contribution in [3.05, 3.63) is 16.7 Å². The number of nitrogen functional groups attached to an aromatic ring is 1. The smallest absolute Gasteiger partial charge is 0.369 e. The van der Waals surface area contributed by atoms with Gasteiger partial charge >= 0.3 is 23.5 Å². The predicted octanol–water partition coefficient (Wildman–Crippen LogP) is -0.950. The molecule has 1 fully saturated rings. The van der Waals surface area contributed by atoms with Crippen LogP contribution in [-0.4, -0.2) is 57.3 Å². The lowest BCUT2D eigenvalue weighted by Crippen LogP contribution is -2.45. The quantitative estimate of drug-likeness (QED) is 0.206. The van der Waals surface area contributed by atoms with Crippen LogP contribution in [0.3, 0.4) is 0 Å². The highest BCUT2D eigenvalue weighted by atomic mass is 31.3. The molecule has 3 rings (SSSR count). The zero-order chi connectivity index (χ0) is 24.1. The summed E-state index contributed by atoms with van der Waals surface area (Å²) in [5.74, 6) is -0.165. The fourth-order valence-electron chi connectivity index (χ4n) is 2.89. The van der Waals surface area contributed by atoms with Crippen molar-refractivity contribution in [2.45, 2.75) is 31.2 Å².